The Morgan fingerprint density at radius 3 is 1.66 bits per heavy atom. The summed E-state index contributed by atoms with van der Waals surface area (Å²) in [6.07, 6.45) is 13.1. The molecule has 0 bridgehead atoms. The van der Waals surface area contributed by atoms with Crippen molar-refractivity contribution >= 4 is 3.21 Å². The number of hydrogen-bond acceptors (Lipinski definition) is 0. The molecular weight excluding hydrogens is 655 g/mol. The molecule has 0 aromatic heterocycles. The average molecular weight is 711 g/mol. The zero-order valence-corrected chi connectivity index (χ0v) is 32.7. The molecule has 0 aliphatic heterocycles. The van der Waals surface area contributed by atoms with Crippen molar-refractivity contribution in [2.45, 2.75) is 124 Å². The summed E-state index contributed by atoms with van der Waals surface area (Å²) in [6.45, 7) is 18.7. The first-order valence-electron chi connectivity index (χ1n) is 16.8. The van der Waals surface area contributed by atoms with Gasteiger partial charge < -0.3 is 24.8 Å². The topological polar surface area (TPSA) is 0 Å². The predicted molar refractivity (Wildman–Crippen MR) is 180 cm³/mol. The molecule has 3 aliphatic carbocycles. The van der Waals surface area contributed by atoms with Crippen molar-refractivity contribution in [1.29, 1.82) is 0 Å². The summed E-state index contributed by atoms with van der Waals surface area (Å²) < 4.78 is 1.91. The monoisotopic (exact) mass is 708 g/mol. The van der Waals surface area contributed by atoms with Crippen LogP contribution in [0.15, 0.2) is 60.7 Å². The van der Waals surface area contributed by atoms with E-state index in [1.807, 2.05) is 33.5 Å². The number of hydrogen-bond donors (Lipinski definition) is 0. The Morgan fingerprint density at radius 1 is 0.750 bits per heavy atom. The van der Waals surface area contributed by atoms with Crippen molar-refractivity contribution in [3.05, 3.63) is 89.0 Å². The van der Waals surface area contributed by atoms with E-state index in [1.54, 1.807) is 24.2 Å². The summed E-state index contributed by atoms with van der Waals surface area (Å²) in [7, 11) is 0. The van der Waals surface area contributed by atoms with Gasteiger partial charge in [0.25, 0.3) is 0 Å². The molecule has 0 saturated heterocycles. The van der Waals surface area contributed by atoms with Gasteiger partial charge in [0.1, 0.15) is 0 Å². The van der Waals surface area contributed by atoms with Crippen LogP contribution in [-0.2, 0) is 41.5 Å². The Labute approximate surface area is 298 Å². The summed E-state index contributed by atoms with van der Waals surface area (Å²) in [5.41, 5.74) is 8.76. The predicted octanol–water partition coefficient (Wildman–Crippen LogP) is 5.42. The van der Waals surface area contributed by atoms with E-state index in [0.29, 0.717) is 0 Å². The molecule has 0 amide bonds. The summed E-state index contributed by atoms with van der Waals surface area (Å²) in [5, 5.41) is 0. The van der Waals surface area contributed by atoms with Gasteiger partial charge in [-0.2, -0.15) is 47.5 Å². The molecule has 0 radical (unpaired) electrons. The third kappa shape index (κ3) is 10.3. The van der Waals surface area contributed by atoms with Gasteiger partial charge in [0.2, 0.25) is 0 Å². The molecule has 2 unspecified atom stereocenters. The van der Waals surface area contributed by atoms with Crippen LogP contribution < -0.4 is 24.8 Å². The minimum Gasteiger partial charge on any atom is -1.00 e. The van der Waals surface area contributed by atoms with Crippen molar-refractivity contribution < 1.29 is 49.0 Å². The van der Waals surface area contributed by atoms with Crippen LogP contribution in [-0.4, -0.2) is 3.21 Å². The van der Waals surface area contributed by atoms with E-state index in [0.717, 1.165) is 30.1 Å². The first-order valence-corrected chi connectivity index (χ1v) is 18.0. The van der Waals surface area contributed by atoms with Crippen molar-refractivity contribution in [2.75, 3.05) is 0 Å². The molecule has 0 nitrogen and oxygen atoms in total. The fourth-order valence-electron chi connectivity index (χ4n) is 7.14. The van der Waals surface area contributed by atoms with Gasteiger partial charge in [-0.05, 0) is 17.4 Å². The number of rotatable bonds is 4. The molecule has 3 aromatic carbocycles. The maximum atomic E-state index is 3.53. The molecule has 0 heterocycles. The number of halogens is 2. The zero-order valence-electron chi connectivity index (χ0n) is 28.7. The van der Waals surface area contributed by atoms with Gasteiger partial charge in [-0.1, -0.05) is 76.3 Å². The van der Waals surface area contributed by atoms with Crippen molar-refractivity contribution in [3.8, 4) is 11.1 Å². The van der Waals surface area contributed by atoms with Crippen LogP contribution in [0.5, 0.6) is 0 Å². The maximum absolute atomic E-state index is 3.53. The van der Waals surface area contributed by atoms with E-state index in [9.17, 15) is 0 Å². The van der Waals surface area contributed by atoms with Crippen LogP contribution in [0, 0.1) is 29.7 Å². The van der Waals surface area contributed by atoms with Gasteiger partial charge in [-0.3, -0.25) is 0 Å². The second kappa shape index (κ2) is 17.3. The molecule has 0 spiro atoms. The SMILES string of the molecule is CC(C)(C)c1c[c-]c2c(c1)-c1cc(C(C)(C)C)ccc1C2.CC([C](=[Zr+2])C(C)C1CCCC1)C1CCCC1.[Cl-].[Cl-].c1cc[cH-]c1. The standard InChI is InChI=1S/C21H25.C15H26.C5H5.2ClH.Zr/c1-20(2,3)16-9-7-14-11-15-8-10-17(21(4,5)6)13-19(15)18(14)12-16;1-12(14-7-3-4-8-14)11-13(2)15-9-5-6-10-15;1-2-4-5-3-1;;;/h7,9-10,12-13H,11H2,1-6H3;12-15H,3-10H2,1-2H3;1-5H;2*1H;/q-1;;-1;;;+2/p-2. The average Bonchev–Trinajstić information content (AvgIpc) is 3.77. The van der Waals surface area contributed by atoms with Crippen LogP contribution in [0.4, 0.5) is 0 Å². The van der Waals surface area contributed by atoms with Crippen LogP contribution in [0.3, 0.4) is 0 Å². The van der Waals surface area contributed by atoms with Gasteiger partial charge in [-0.25, -0.2) is 12.1 Å². The second-order valence-electron chi connectivity index (χ2n) is 15.4. The normalized spacial score (nSPS) is 17.5. The quantitative estimate of drug-likeness (QED) is 0.248. The molecule has 3 aromatic rings. The third-order valence-electron chi connectivity index (χ3n) is 10.3. The maximum Gasteiger partial charge on any atom is -0.172 e. The molecule has 2 saturated carbocycles. The van der Waals surface area contributed by atoms with E-state index >= 15 is 0 Å². The fourth-order valence-corrected chi connectivity index (χ4v) is 8.30. The first-order chi connectivity index (χ1) is 19.9. The molecule has 3 heteroatoms. The Balaban J connectivity index is 0.000000260. The molecule has 6 rings (SSSR count). The molecule has 3 aliphatic rings. The van der Waals surface area contributed by atoms with E-state index in [4.69, 9.17) is 0 Å². The number of fused-ring (bicyclic) bond motifs is 3. The van der Waals surface area contributed by atoms with Crippen LogP contribution in [0.1, 0.15) is 129 Å². The Morgan fingerprint density at radius 2 is 1.23 bits per heavy atom. The fraction of sp³-hybridized carbons (Fsp3) is 0.561. The Bertz CT molecular complexity index is 1180. The van der Waals surface area contributed by atoms with Crippen molar-refractivity contribution in [1.82, 2.24) is 0 Å². The molecule has 0 N–H and O–H groups in total. The van der Waals surface area contributed by atoms with Gasteiger partial charge in [0.15, 0.2) is 0 Å². The van der Waals surface area contributed by atoms with E-state index in [2.05, 4.69) is 91.8 Å². The van der Waals surface area contributed by atoms with Gasteiger partial charge in [0, 0.05) is 0 Å². The first kappa shape index (κ1) is 39.3. The minimum absolute atomic E-state index is 0. The molecule has 2 atom stereocenters. The summed E-state index contributed by atoms with van der Waals surface area (Å²) in [5.74, 6) is 3.93. The minimum atomic E-state index is 0. The van der Waals surface area contributed by atoms with E-state index in [1.165, 1.54) is 84.7 Å². The molecular formula is C41H56Cl2Zr-2. The summed E-state index contributed by atoms with van der Waals surface area (Å²) in [6, 6.07) is 25.1. The Kier molecular flexibility index (Phi) is 15.5. The zero-order chi connectivity index (χ0) is 30.5. The van der Waals surface area contributed by atoms with E-state index in [-0.39, 0.29) is 35.6 Å². The third-order valence-corrected chi connectivity index (χ3v) is 12.5. The molecule has 2 fully saturated rings. The second-order valence-corrected chi connectivity index (χ2v) is 16.8. The largest absolute Gasteiger partial charge is 1.00 e. The molecule has 240 valence electrons. The van der Waals surface area contributed by atoms with Crippen LogP contribution >= 0.6 is 0 Å². The smallest absolute Gasteiger partial charge is 0.172 e. The number of benzene rings is 2. The van der Waals surface area contributed by atoms with Gasteiger partial charge in [0.05, 0.1) is 0 Å². The summed E-state index contributed by atoms with van der Waals surface area (Å²) in [4.78, 5) is 0. The molecule has 44 heavy (non-hydrogen) atoms. The van der Waals surface area contributed by atoms with E-state index < -0.39 is 0 Å². The summed E-state index contributed by atoms with van der Waals surface area (Å²) >= 11 is 1.73. The van der Waals surface area contributed by atoms with Crippen molar-refractivity contribution in [3.63, 3.8) is 0 Å². The van der Waals surface area contributed by atoms with Crippen LogP contribution in [0.25, 0.3) is 11.1 Å². The van der Waals surface area contributed by atoms with Gasteiger partial charge >= 0.3 is 116 Å². The van der Waals surface area contributed by atoms with Crippen molar-refractivity contribution in [2.24, 2.45) is 23.7 Å². The Hall–Kier alpha value is -0.877. The van der Waals surface area contributed by atoms with Gasteiger partial charge in [-0.15, -0.1) is 5.56 Å². The van der Waals surface area contributed by atoms with Crippen LogP contribution in [0.2, 0.25) is 0 Å².